The van der Waals surface area contributed by atoms with E-state index in [9.17, 15) is 4.79 Å². The Morgan fingerprint density at radius 1 is 1.45 bits per heavy atom. The summed E-state index contributed by atoms with van der Waals surface area (Å²) < 4.78 is 0. The quantitative estimate of drug-likeness (QED) is 0.528. The van der Waals surface area contributed by atoms with Gasteiger partial charge in [0.15, 0.2) is 0 Å². The molecule has 1 aliphatic rings. The van der Waals surface area contributed by atoms with Crippen molar-refractivity contribution in [3.05, 3.63) is 12.7 Å². The van der Waals surface area contributed by atoms with Crippen LogP contribution in [0.4, 0.5) is 0 Å². The lowest BCUT2D eigenvalue weighted by Gasteiger charge is -2.33. The lowest BCUT2D eigenvalue weighted by atomic mass is 9.69. The van der Waals surface area contributed by atoms with Gasteiger partial charge in [-0.25, -0.2) is 0 Å². The molecule has 1 rings (SSSR count). The minimum absolute atomic E-state index is 0.0179. The first kappa shape index (κ1) is 8.51. The summed E-state index contributed by atoms with van der Waals surface area (Å²) in [6.07, 6.45) is 3.61. The molecule has 0 heterocycles. The smallest absolute Gasteiger partial charge is 0.139 e. The average Bonchev–Trinajstić information content (AvgIpc) is 2.15. The first-order valence-corrected chi connectivity index (χ1v) is 4.11. The zero-order chi connectivity index (χ0) is 8.70. The van der Waals surface area contributed by atoms with Crippen LogP contribution in [0.1, 0.15) is 33.6 Å². The van der Waals surface area contributed by atoms with E-state index in [0.717, 1.165) is 12.8 Å². The third kappa shape index (κ3) is 0.943. The molecule has 0 aliphatic heterocycles. The Bertz CT molecular complexity index is 200. The number of hydrogen-bond donors (Lipinski definition) is 0. The van der Waals surface area contributed by atoms with Gasteiger partial charge < -0.3 is 0 Å². The van der Waals surface area contributed by atoms with Crippen molar-refractivity contribution in [3.8, 4) is 0 Å². The first-order valence-electron chi connectivity index (χ1n) is 4.11. The minimum Gasteiger partial charge on any atom is -0.299 e. The minimum atomic E-state index is -0.200. The van der Waals surface area contributed by atoms with Crippen LogP contribution in [0.5, 0.6) is 0 Å². The molecule has 0 aromatic heterocycles. The molecule has 1 fully saturated rings. The Labute approximate surface area is 68.5 Å². The van der Waals surface area contributed by atoms with Gasteiger partial charge in [0, 0.05) is 11.8 Å². The van der Waals surface area contributed by atoms with Gasteiger partial charge in [-0.05, 0) is 11.8 Å². The van der Waals surface area contributed by atoms with Crippen molar-refractivity contribution in [1.82, 2.24) is 0 Å². The van der Waals surface area contributed by atoms with Crippen molar-refractivity contribution in [3.63, 3.8) is 0 Å². The fraction of sp³-hybridized carbons (Fsp3) is 0.700. The summed E-state index contributed by atoms with van der Waals surface area (Å²) >= 11 is 0. The van der Waals surface area contributed by atoms with Gasteiger partial charge >= 0.3 is 0 Å². The predicted octanol–water partition coefficient (Wildman–Crippen LogP) is 2.57. The molecule has 0 radical (unpaired) electrons. The number of rotatable bonds is 1. The molecule has 0 aromatic carbocycles. The van der Waals surface area contributed by atoms with Crippen LogP contribution in [0.25, 0.3) is 0 Å². The Kier molecular flexibility index (Phi) is 1.70. The van der Waals surface area contributed by atoms with Gasteiger partial charge in [0.1, 0.15) is 5.78 Å². The number of Topliss-reactive ketones (excluding diaryl/α,β-unsaturated/α-hetero) is 1. The summed E-state index contributed by atoms with van der Waals surface area (Å²) in [6, 6.07) is 0. The zero-order valence-electron chi connectivity index (χ0n) is 7.61. The van der Waals surface area contributed by atoms with E-state index >= 15 is 0 Å². The lowest BCUT2D eigenvalue weighted by molar-refractivity contribution is -0.126. The number of hydrogen-bond acceptors (Lipinski definition) is 1. The third-order valence-electron chi connectivity index (χ3n) is 3.45. The highest BCUT2D eigenvalue weighted by Gasteiger charge is 2.48. The molecular formula is C10H16O. The fourth-order valence-corrected chi connectivity index (χ4v) is 1.67. The molecule has 0 saturated heterocycles. The summed E-state index contributed by atoms with van der Waals surface area (Å²) in [5.41, 5.74) is -0.182. The highest BCUT2D eigenvalue weighted by Crippen LogP contribution is 2.50. The van der Waals surface area contributed by atoms with E-state index in [2.05, 4.69) is 13.5 Å². The van der Waals surface area contributed by atoms with Crippen molar-refractivity contribution in [2.24, 2.45) is 10.8 Å². The van der Waals surface area contributed by atoms with E-state index in [0.29, 0.717) is 5.78 Å². The van der Waals surface area contributed by atoms with Gasteiger partial charge in [-0.1, -0.05) is 26.8 Å². The van der Waals surface area contributed by atoms with E-state index in [1.165, 1.54) is 0 Å². The largest absolute Gasteiger partial charge is 0.299 e. The topological polar surface area (TPSA) is 17.1 Å². The van der Waals surface area contributed by atoms with Gasteiger partial charge in [0.25, 0.3) is 0 Å². The number of carbonyl (C=O) groups excluding carboxylic acids is 1. The summed E-state index contributed by atoms with van der Waals surface area (Å²) in [4.78, 5) is 11.4. The molecule has 1 unspecified atom stereocenters. The van der Waals surface area contributed by atoms with Gasteiger partial charge in [0.2, 0.25) is 0 Å². The SMILES string of the molecule is C=CC1(C)CCC(=O)C1(C)C. The molecule has 1 atom stereocenters. The molecule has 11 heavy (non-hydrogen) atoms. The number of carbonyl (C=O) groups is 1. The second-order valence-electron chi connectivity index (χ2n) is 4.17. The van der Waals surface area contributed by atoms with Crippen molar-refractivity contribution >= 4 is 5.78 Å². The first-order chi connectivity index (χ1) is 4.94. The number of ketones is 1. The number of allylic oxidation sites excluding steroid dienone is 1. The van der Waals surface area contributed by atoms with Crippen LogP contribution < -0.4 is 0 Å². The molecule has 1 saturated carbocycles. The monoisotopic (exact) mass is 152 g/mol. The highest BCUT2D eigenvalue weighted by molar-refractivity contribution is 5.87. The van der Waals surface area contributed by atoms with Crippen LogP contribution in [-0.4, -0.2) is 5.78 Å². The van der Waals surface area contributed by atoms with E-state index in [1.807, 2.05) is 19.9 Å². The molecule has 1 aliphatic carbocycles. The maximum Gasteiger partial charge on any atom is 0.139 e. The molecule has 1 heteroatoms. The lowest BCUT2D eigenvalue weighted by Crippen LogP contribution is -2.32. The van der Waals surface area contributed by atoms with Crippen molar-refractivity contribution in [1.29, 1.82) is 0 Å². The molecule has 1 nitrogen and oxygen atoms in total. The van der Waals surface area contributed by atoms with E-state index in [1.54, 1.807) is 0 Å². The molecule has 0 N–H and O–H groups in total. The Hall–Kier alpha value is -0.590. The van der Waals surface area contributed by atoms with E-state index < -0.39 is 0 Å². The Balaban J connectivity index is 3.04. The van der Waals surface area contributed by atoms with Crippen molar-refractivity contribution in [2.45, 2.75) is 33.6 Å². The van der Waals surface area contributed by atoms with Crippen molar-refractivity contribution in [2.75, 3.05) is 0 Å². The highest BCUT2D eigenvalue weighted by atomic mass is 16.1. The molecule has 0 bridgehead atoms. The predicted molar refractivity (Wildman–Crippen MR) is 46.3 cm³/mol. The molecule has 0 aromatic rings. The van der Waals surface area contributed by atoms with Gasteiger partial charge in [-0.3, -0.25) is 4.79 Å². The van der Waals surface area contributed by atoms with Crippen LogP contribution in [0.15, 0.2) is 12.7 Å². The van der Waals surface area contributed by atoms with Gasteiger partial charge in [-0.2, -0.15) is 0 Å². The standard InChI is InChI=1S/C10H16O/c1-5-10(4)7-6-8(11)9(10,2)3/h5H,1,6-7H2,2-4H3. The maximum atomic E-state index is 11.4. The zero-order valence-corrected chi connectivity index (χ0v) is 7.61. The van der Waals surface area contributed by atoms with Gasteiger partial charge in [-0.15, -0.1) is 6.58 Å². The maximum absolute atomic E-state index is 11.4. The molecule has 0 spiro atoms. The van der Waals surface area contributed by atoms with Crippen LogP contribution >= 0.6 is 0 Å². The molecular weight excluding hydrogens is 136 g/mol. The average molecular weight is 152 g/mol. The van der Waals surface area contributed by atoms with Crippen LogP contribution in [0.3, 0.4) is 0 Å². The Morgan fingerprint density at radius 2 is 2.00 bits per heavy atom. The Morgan fingerprint density at radius 3 is 2.18 bits per heavy atom. The summed E-state index contributed by atoms with van der Waals surface area (Å²) in [7, 11) is 0. The fourth-order valence-electron chi connectivity index (χ4n) is 1.67. The second kappa shape index (κ2) is 2.20. The summed E-state index contributed by atoms with van der Waals surface area (Å²) in [5, 5.41) is 0. The van der Waals surface area contributed by atoms with E-state index in [4.69, 9.17) is 0 Å². The third-order valence-corrected chi connectivity index (χ3v) is 3.45. The van der Waals surface area contributed by atoms with Crippen LogP contribution in [-0.2, 0) is 4.79 Å². The van der Waals surface area contributed by atoms with Crippen LogP contribution in [0.2, 0.25) is 0 Å². The summed E-state index contributed by atoms with van der Waals surface area (Å²) in [6.45, 7) is 9.94. The van der Waals surface area contributed by atoms with Crippen molar-refractivity contribution < 1.29 is 4.79 Å². The molecule has 0 amide bonds. The van der Waals surface area contributed by atoms with Crippen LogP contribution in [0, 0.1) is 10.8 Å². The van der Waals surface area contributed by atoms with E-state index in [-0.39, 0.29) is 10.8 Å². The summed E-state index contributed by atoms with van der Waals surface area (Å²) in [5.74, 6) is 0.375. The normalized spacial score (nSPS) is 35.7. The van der Waals surface area contributed by atoms with Gasteiger partial charge in [0.05, 0.1) is 0 Å². The second-order valence-corrected chi connectivity index (χ2v) is 4.17. The molecule has 62 valence electrons.